The normalized spacial score (nSPS) is 16.6. The lowest BCUT2D eigenvalue weighted by Gasteiger charge is -2.25. The van der Waals surface area contributed by atoms with E-state index < -0.39 is 0 Å². The molecule has 4 N–H and O–H groups in total. The quantitative estimate of drug-likeness (QED) is 0.687. The molecule has 21 heavy (non-hydrogen) atoms. The highest BCUT2D eigenvalue weighted by molar-refractivity contribution is 6.00. The van der Waals surface area contributed by atoms with Crippen LogP contribution in [0.2, 0.25) is 0 Å². The second-order valence-corrected chi connectivity index (χ2v) is 5.26. The average Bonchev–Trinajstić information content (AvgIpc) is 2.72. The molecule has 1 aliphatic rings. The first-order chi connectivity index (χ1) is 10.2. The van der Waals surface area contributed by atoms with Crippen molar-refractivity contribution >= 4 is 17.3 Å². The lowest BCUT2D eigenvalue weighted by molar-refractivity contribution is 0.0963. The lowest BCUT2D eigenvalue weighted by Crippen LogP contribution is -2.33. The van der Waals surface area contributed by atoms with Crippen molar-refractivity contribution in [2.75, 3.05) is 57.0 Å². The number of aliphatic hydroxyl groups is 1. The molecular weight excluding hydrogens is 268 g/mol. The van der Waals surface area contributed by atoms with E-state index in [1.165, 1.54) is 0 Å². The van der Waals surface area contributed by atoms with Crippen LogP contribution in [-0.2, 0) is 0 Å². The van der Waals surface area contributed by atoms with Crippen LogP contribution in [0.15, 0.2) is 18.2 Å². The number of β-amino-alcohol motifs (C(OH)–C–C–N with tert-alkyl or cyclic N) is 1. The molecule has 0 aromatic heterocycles. The molecule has 1 aliphatic heterocycles. The number of carbonyl (C=O) groups excluding carboxylic acids is 1. The summed E-state index contributed by atoms with van der Waals surface area (Å²) in [5, 5.41) is 11.7. The number of anilines is 2. The van der Waals surface area contributed by atoms with Crippen LogP contribution >= 0.6 is 0 Å². The van der Waals surface area contributed by atoms with Gasteiger partial charge in [-0.25, -0.2) is 0 Å². The largest absolute Gasteiger partial charge is 0.399 e. The number of nitrogen functional groups attached to an aromatic ring is 1. The maximum Gasteiger partial charge on any atom is 0.253 e. The van der Waals surface area contributed by atoms with Gasteiger partial charge in [-0.2, -0.15) is 0 Å². The third-order valence-electron chi connectivity index (χ3n) is 3.84. The zero-order valence-electron chi connectivity index (χ0n) is 12.5. The van der Waals surface area contributed by atoms with Gasteiger partial charge in [0.25, 0.3) is 5.91 Å². The van der Waals surface area contributed by atoms with Crippen LogP contribution < -0.4 is 16.0 Å². The summed E-state index contributed by atoms with van der Waals surface area (Å²) >= 11 is 0. The Labute approximate surface area is 125 Å². The van der Waals surface area contributed by atoms with Gasteiger partial charge in [-0.05, 0) is 31.2 Å². The van der Waals surface area contributed by atoms with E-state index in [1.54, 1.807) is 19.2 Å². The van der Waals surface area contributed by atoms with E-state index >= 15 is 0 Å². The molecule has 2 rings (SSSR count). The molecule has 1 aromatic rings. The van der Waals surface area contributed by atoms with E-state index in [0.29, 0.717) is 17.8 Å². The van der Waals surface area contributed by atoms with Crippen LogP contribution in [0.3, 0.4) is 0 Å². The Hall–Kier alpha value is -1.79. The Morgan fingerprint density at radius 3 is 2.86 bits per heavy atom. The molecule has 0 atom stereocenters. The molecule has 1 aromatic carbocycles. The maximum absolute atomic E-state index is 12.0. The Bertz CT molecular complexity index is 493. The average molecular weight is 292 g/mol. The van der Waals surface area contributed by atoms with Gasteiger partial charge in [0.2, 0.25) is 0 Å². The van der Waals surface area contributed by atoms with Gasteiger partial charge in [0.05, 0.1) is 17.9 Å². The van der Waals surface area contributed by atoms with Gasteiger partial charge in [0, 0.05) is 38.9 Å². The highest BCUT2D eigenvalue weighted by atomic mass is 16.3. The van der Waals surface area contributed by atoms with Gasteiger partial charge in [0.1, 0.15) is 0 Å². The van der Waals surface area contributed by atoms with E-state index in [1.807, 2.05) is 6.07 Å². The predicted octanol–water partition coefficient (Wildman–Crippen LogP) is 0.133. The van der Waals surface area contributed by atoms with Crippen molar-refractivity contribution in [3.63, 3.8) is 0 Å². The fraction of sp³-hybridized carbons (Fsp3) is 0.533. The molecule has 0 saturated carbocycles. The van der Waals surface area contributed by atoms with Gasteiger partial charge >= 0.3 is 0 Å². The molecule has 0 bridgehead atoms. The molecule has 0 spiro atoms. The first kappa shape index (κ1) is 15.6. The summed E-state index contributed by atoms with van der Waals surface area (Å²) in [6.45, 7) is 4.44. The first-order valence-electron chi connectivity index (χ1n) is 7.35. The highest BCUT2D eigenvalue weighted by Crippen LogP contribution is 2.25. The number of aliphatic hydroxyl groups excluding tert-OH is 1. The molecule has 6 nitrogen and oxygen atoms in total. The first-order valence-corrected chi connectivity index (χ1v) is 7.35. The van der Waals surface area contributed by atoms with Crippen LogP contribution in [0.25, 0.3) is 0 Å². The summed E-state index contributed by atoms with van der Waals surface area (Å²) in [6, 6.07) is 5.40. The zero-order valence-corrected chi connectivity index (χ0v) is 12.5. The summed E-state index contributed by atoms with van der Waals surface area (Å²) in [6.07, 6.45) is 1.00. The monoisotopic (exact) mass is 292 g/mol. The molecule has 0 aliphatic carbocycles. The van der Waals surface area contributed by atoms with Crippen molar-refractivity contribution in [2.45, 2.75) is 6.42 Å². The zero-order chi connectivity index (χ0) is 15.2. The maximum atomic E-state index is 12.0. The van der Waals surface area contributed by atoms with Gasteiger partial charge in [0.15, 0.2) is 0 Å². The minimum Gasteiger partial charge on any atom is -0.399 e. The topological polar surface area (TPSA) is 81.8 Å². The number of nitrogens with one attached hydrogen (secondary N) is 1. The lowest BCUT2D eigenvalue weighted by atomic mass is 10.1. The van der Waals surface area contributed by atoms with Crippen LogP contribution in [-0.4, -0.2) is 62.3 Å². The number of hydrogen-bond acceptors (Lipinski definition) is 5. The van der Waals surface area contributed by atoms with E-state index in [4.69, 9.17) is 10.8 Å². The van der Waals surface area contributed by atoms with Crippen molar-refractivity contribution in [3.05, 3.63) is 23.8 Å². The molecular formula is C15H24N4O2. The van der Waals surface area contributed by atoms with E-state index in [0.717, 1.165) is 38.3 Å². The third kappa shape index (κ3) is 3.86. The Kier molecular flexibility index (Phi) is 5.41. The smallest absolute Gasteiger partial charge is 0.253 e. The third-order valence-corrected chi connectivity index (χ3v) is 3.84. The van der Waals surface area contributed by atoms with Crippen molar-refractivity contribution in [3.8, 4) is 0 Å². The molecule has 6 heteroatoms. The van der Waals surface area contributed by atoms with Gasteiger partial charge in [-0.1, -0.05) is 0 Å². The number of benzene rings is 1. The van der Waals surface area contributed by atoms with Crippen LogP contribution in [0.5, 0.6) is 0 Å². The number of hydrogen-bond donors (Lipinski definition) is 3. The summed E-state index contributed by atoms with van der Waals surface area (Å²) in [5.74, 6) is -0.0959. The van der Waals surface area contributed by atoms with Crippen LogP contribution in [0.4, 0.5) is 11.4 Å². The van der Waals surface area contributed by atoms with E-state index in [-0.39, 0.29) is 12.5 Å². The Morgan fingerprint density at radius 2 is 2.14 bits per heavy atom. The Morgan fingerprint density at radius 1 is 1.33 bits per heavy atom. The van der Waals surface area contributed by atoms with Crippen molar-refractivity contribution < 1.29 is 9.90 Å². The summed E-state index contributed by atoms with van der Waals surface area (Å²) in [7, 11) is 1.63. The van der Waals surface area contributed by atoms with Crippen LogP contribution in [0, 0.1) is 0 Å². The fourth-order valence-electron chi connectivity index (χ4n) is 2.71. The minimum atomic E-state index is -0.0959. The number of carbonyl (C=O) groups is 1. The number of nitrogens with zero attached hydrogens (tertiary/aromatic N) is 2. The SMILES string of the molecule is CNC(=O)c1ccc(N)cc1N1CCCN(CCO)CC1. The summed E-state index contributed by atoms with van der Waals surface area (Å²) < 4.78 is 0. The molecule has 1 amide bonds. The molecule has 1 saturated heterocycles. The molecule has 0 radical (unpaired) electrons. The summed E-state index contributed by atoms with van der Waals surface area (Å²) in [5.41, 5.74) is 8.09. The Balaban J connectivity index is 2.20. The minimum absolute atomic E-state index is 0.0959. The van der Waals surface area contributed by atoms with Crippen LogP contribution in [0.1, 0.15) is 16.8 Å². The second kappa shape index (κ2) is 7.28. The number of nitrogens with two attached hydrogens (primary N) is 1. The van der Waals surface area contributed by atoms with Crippen molar-refractivity contribution in [2.24, 2.45) is 0 Å². The number of rotatable bonds is 4. The van der Waals surface area contributed by atoms with Gasteiger partial charge in [-0.3, -0.25) is 9.69 Å². The standard InChI is InChI=1S/C15H24N4O2/c1-17-15(21)13-4-3-12(16)11-14(13)19-6-2-5-18(7-8-19)9-10-20/h3-4,11,20H,2,5-10,16H2,1H3,(H,17,21). The fourth-order valence-corrected chi connectivity index (χ4v) is 2.71. The van der Waals surface area contributed by atoms with Crippen molar-refractivity contribution in [1.29, 1.82) is 0 Å². The van der Waals surface area contributed by atoms with Gasteiger partial charge in [-0.15, -0.1) is 0 Å². The second-order valence-electron chi connectivity index (χ2n) is 5.26. The summed E-state index contributed by atoms with van der Waals surface area (Å²) in [4.78, 5) is 16.5. The van der Waals surface area contributed by atoms with Crippen molar-refractivity contribution in [1.82, 2.24) is 10.2 Å². The highest BCUT2D eigenvalue weighted by Gasteiger charge is 2.19. The molecule has 116 valence electrons. The van der Waals surface area contributed by atoms with E-state index in [9.17, 15) is 4.79 Å². The van der Waals surface area contributed by atoms with E-state index in [2.05, 4.69) is 15.1 Å². The molecule has 1 fully saturated rings. The predicted molar refractivity (Wildman–Crippen MR) is 84.6 cm³/mol. The molecule has 1 heterocycles. The van der Waals surface area contributed by atoms with Gasteiger partial charge < -0.3 is 21.1 Å². The molecule has 0 unspecified atom stereocenters. The number of amides is 1.